The number of methoxy groups -OCH3 is 2. The van der Waals surface area contributed by atoms with Crippen LogP contribution in [-0.2, 0) is 14.4 Å². The van der Waals surface area contributed by atoms with Gasteiger partial charge in [0.2, 0.25) is 17.7 Å². The third kappa shape index (κ3) is 4.28. The van der Waals surface area contributed by atoms with E-state index in [1.54, 1.807) is 20.3 Å². The number of fused-ring (bicyclic) bond motifs is 1. The molecule has 1 unspecified atom stereocenters. The molecule has 1 aliphatic heterocycles. The van der Waals surface area contributed by atoms with Crippen molar-refractivity contribution in [1.29, 1.82) is 0 Å². The number of allylic oxidation sites excluding steroid dienone is 2. The third-order valence-corrected chi connectivity index (χ3v) is 5.71. The molecule has 0 saturated carbocycles. The Morgan fingerprint density at radius 1 is 1.10 bits per heavy atom. The molecule has 1 aliphatic carbocycles. The topological polar surface area (TPSA) is 84.9 Å². The first-order chi connectivity index (χ1) is 14.0. The van der Waals surface area contributed by atoms with E-state index < -0.39 is 0 Å². The van der Waals surface area contributed by atoms with Crippen LogP contribution >= 0.6 is 0 Å². The number of hydrogen-bond donors (Lipinski definition) is 1. The summed E-state index contributed by atoms with van der Waals surface area (Å²) in [6, 6.07) is 5.35. The number of amides is 3. The van der Waals surface area contributed by atoms with Gasteiger partial charge in [0.25, 0.3) is 0 Å². The fourth-order valence-corrected chi connectivity index (χ4v) is 4.06. The van der Waals surface area contributed by atoms with Crippen LogP contribution in [0.25, 0.3) is 0 Å². The molecular weight excluding hydrogens is 372 g/mol. The molecule has 3 amide bonds. The van der Waals surface area contributed by atoms with Crippen molar-refractivity contribution >= 4 is 17.7 Å². The van der Waals surface area contributed by atoms with E-state index in [1.807, 2.05) is 31.2 Å². The lowest BCUT2D eigenvalue weighted by Gasteiger charge is -2.20. The van der Waals surface area contributed by atoms with Gasteiger partial charge in [-0.25, -0.2) is 0 Å². The highest BCUT2D eigenvalue weighted by molar-refractivity contribution is 6.05. The van der Waals surface area contributed by atoms with Gasteiger partial charge in [-0.1, -0.05) is 25.1 Å². The van der Waals surface area contributed by atoms with E-state index in [-0.39, 0.29) is 48.6 Å². The predicted octanol–water partition coefficient (Wildman–Crippen LogP) is 2.61. The fraction of sp³-hybridized carbons (Fsp3) is 0.500. The molecule has 1 saturated heterocycles. The summed E-state index contributed by atoms with van der Waals surface area (Å²) in [4.78, 5) is 38.8. The highest BCUT2D eigenvalue weighted by Crippen LogP contribution is 2.35. The van der Waals surface area contributed by atoms with Gasteiger partial charge >= 0.3 is 0 Å². The van der Waals surface area contributed by atoms with Gasteiger partial charge in [-0.15, -0.1) is 0 Å². The maximum absolute atomic E-state index is 12.5. The van der Waals surface area contributed by atoms with Crippen LogP contribution in [0.2, 0.25) is 0 Å². The molecule has 1 N–H and O–H groups in total. The molecule has 1 fully saturated rings. The SMILES string of the molecule is CCC(NC(=O)CCN1C(=O)[C@H]2CC=CC[C@H]2C1=O)c1ccc(OC)c(OC)c1. The standard InChI is InChI=1S/C22H28N2O5/c1-4-17(14-9-10-18(28-2)19(13-14)29-3)23-20(25)11-12-24-21(26)15-7-5-6-8-16(15)22(24)27/h5-6,9-10,13,15-17H,4,7-8,11-12H2,1-3H3,(H,23,25)/t15-,16+,17?. The fourth-order valence-electron chi connectivity index (χ4n) is 4.06. The van der Waals surface area contributed by atoms with Gasteiger partial charge in [-0.05, 0) is 37.0 Å². The van der Waals surface area contributed by atoms with Crippen molar-refractivity contribution < 1.29 is 23.9 Å². The highest BCUT2D eigenvalue weighted by Gasteiger charge is 2.46. The van der Waals surface area contributed by atoms with Gasteiger partial charge in [0.1, 0.15) is 0 Å². The van der Waals surface area contributed by atoms with Crippen LogP contribution < -0.4 is 14.8 Å². The maximum atomic E-state index is 12.5. The number of benzene rings is 1. The molecule has 3 atom stereocenters. The molecule has 0 bridgehead atoms. The summed E-state index contributed by atoms with van der Waals surface area (Å²) in [7, 11) is 3.14. The van der Waals surface area contributed by atoms with E-state index in [2.05, 4.69) is 5.32 Å². The van der Waals surface area contributed by atoms with E-state index in [0.717, 1.165) is 5.56 Å². The Kier molecular flexibility index (Phi) is 6.56. The number of ether oxygens (including phenoxy) is 2. The number of hydrogen-bond acceptors (Lipinski definition) is 5. The number of rotatable bonds is 8. The molecule has 1 heterocycles. The second kappa shape index (κ2) is 9.11. The summed E-state index contributed by atoms with van der Waals surface area (Å²) in [5.74, 6) is 0.214. The monoisotopic (exact) mass is 400 g/mol. The van der Waals surface area contributed by atoms with Crippen LogP contribution in [0.5, 0.6) is 11.5 Å². The first kappa shape index (κ1) is 20.9. The molecule has 0 radical (unpaired) electrons. The molecule has 29 heavy (non-hydrogen) atoms. The third-order valence-electron chi connectivity index (χ3n) is 5.71. The number of nitrogens with zero attached hydrogens (tertiary/aromatic N) is 1. The molecule has 3 rings (SSSR count). The molecule has 7 heteroatoms. The second-order valence-corrected chi connectivity index (χ2v) is 7.38. The average molecular weight is 400 g/mol. The minimum Gasteiger partial charge on any atom is -0.493 e. The van der Waals surface area contributed by atoms with Gasteiger partial charge in [0.05, 0.1) is 32.1 Å². The number of likely N-dealkylation sites (tertiary alicyclic amines) is 1. The van der Waals surface area contributed by atoms with E-state index in [4.69, 9.17) is 9.47 Å². The van der Waals surface area contributed by atoms with Gasteiger partial charge in [-0.3, -0.25) is 19.3 Å². The quantitative estimate of drug-likeness (QED) is 0.536. The second-order valence-electron chi connectivity index (χ2n) is 7.38. The predicted molar refractivity (Wildman–Crippen MR) is 107 cm³/mol. The molecule has 0 aromatic heterocycles. The van der Waals surface area contributed by atoms with E-state index >= 15 is 0 Å². The molecule has 0 spiro atoms. The lowest BCUT2D eigenvalue weighted by molar-refractivity contribution is -0.140. The molecule has 2 aliphatic rings. The van der Waals surface area contributed by atoms with Crippen molar-refractivity contribution in [3.05, 3.63) is 35.9 Å². The Balaban J connectivity index is 1.60. The van der Waals surface area contributed by atoms with Gasteiger partial charge < -0.3 is 14.8 Å². The van der Waals surface area contributed by atoms with Crippen molar-refractivity contribution in [1.82, 2.24) is 10.2 Å². The van der Waals surface area contributed by atoms with Crippen LogP contribution in [0.15, 0.2) is 30.4 Å². The van der Waals surface area contributed by atoms with Crippen LogP contribution in [0.4, 0.5) is 0 Å². The number of carbonyl (C=O) groups is 3. The summed E-state index contributed by atoms with van der Waals surface area (Å²) < 4.78 is 10.6. The van der Waals surface area contributed by atoms with Crippen molar-refractivity contribution in [2.75, 3.05) is 20.8 Å². The normalized spacial score (nSPS) is 21.7. The molecular formula is C22H28N2O5. The highest BCUT2D eigenvalue weighted by atomic mass is 16.5. The van der Waals surface area contributed by atoms with Crippen LogP contribution in [-0.4, -0.2) is 43.4 Å². The zero-order valence-corrected chi connectivity index (χ0v) is 17.1. The number of carbonyl (C=O) groups excluding carboxylic acids is 3. The average Bonchev–Trinajstić information content (AvgIpc) is 3.00. The Labute approximate surface area is 171 Å². The summed E-state index contributed by atoms with van der Waals surface area (Å²) in [6.45, 7) is 2.10. The summed E-state index contributed by atoms with van der Waals surface area (Å²) >= 11 is 0. The minimum absolute atomic E-state index is 0.0914. The number of nitrogens with one attached hydrogen (secondary N) is 1. The summed E-state index contributed by atoms with van der Waals surface area (Å²) in [5.41, 5.74) is 0.906. The Hall–Kier alpha value is -2.83. The minimum atomic E-state index is -0.259. The number of imide groups is 1. The van der Waals surface area contributed by atoms with Crippen molar-refractivity contribution in [3.63, 3.8) is 0 Å². The van der Waals surface area contributed by atoms with Crippen molar-refractivity contribution in [3.8, 4) is 11.5 Å². The Morgan fingerprint density at radius 3 is 2.28 bits per heavy atom. The smallest absolute Gasteiger partial charge is 0.233 e. The first-order valence-electron chi connectivity index (χ1n) is 10.0. The van der Waals surface area contributed by atoms with E-state index in [9.17, 15) is 14.4 Å². The summed E-state index contributed by atoms with van der Waals surface area (Å²) in [5, 5.41) is 2.99. The van der Waals surface area contributed by atoms with Gasteiger partial charge in [0.15, 0.2) is 11.5 Å². The van der Waals surface area contributed by atoms with E-state index in [0.29, 0.717) is 30.8 Å². The van der Waals surface area contributed by atoms with E-state index in [1.165, 1.54) is 4.90 Å². The molecule has 1 aromatic rings. The molecule has 7 nitrogen and oxygen atoms in total. The van der Waals surface area contributed by atoms with Crippen LogP contribution in [0, 0.1) is 11.8 Å². The van der Waals surface area contributed by atoms with Crippen LogP contribution in [0.3, 0.4) is 0 Å². The Bertz CT molecular complexity index is 793. The maximum Gasteiger partial charge on any atom is 0.233 e. The Morgan fingerprint density at radius 2 is 1.72 bits per heavy atom. The van der Waals surface area contributed by atoms with Gasteiger partial charge in [-0.2, -0.15) is 0 Å². The van der Waals surface area contributed by atoms with Crippen LogP contribution in [0.1, 0.15) is 44.2 Å². The lowest BCUT2D eigenvalue weighted by atomic mass is 9.85. The first-order valence-corrected chi connectivity index (χ1v) is 10.0. The largest absolute Gasteiger partial charge is 0.493 e. The molecule has 1 aromatic carbocycles. The zero-order valence-electron chi connectivity index (χ0n) is 17.1. The van der Waals surface area contributed by atoms with Crippen molar-refractivity contribution in [2.45, 2.75) is 38.6 Å². The molecule has 156 valence electrons. The van der Waals surface area contributed by atoms with Gasteiger partial charge in [0, 0.05) is 13.0 Å². The lowest BCUT2D eigenvalue weighted by Crippen LogP contribution is -2.36. The zero-order chi connectivity index (χ0) is 21.0. The summed E-state index contributed by atoms with van der Waals surface area (Å²) in [6.07, 6.45) is 5.91. The van der Waals surface area contributed by atoms with Crippen molar-refractivity contribution in [2.24, 2.45) is 11.8 Å².